The SMILES string of the molecule is Cc1ccc2c(ccn2CCn2cc(N)ccc2=O)c1. The van der Waals surface area contributed by atoms with Gasteiger partial charge in [-0.3, -0.25) is 4.79 Å². The number of anilines is 1. The number of hydrogen-bond acceptors (Lipinski definition) is 2. The summed E-state index contributed by atoms with van der Waals surface area (Å²) >= 11 is 0. The lowest BCUT2D eigenvalue weighted by atomic mass is 10.2. The van der Waals surface area contributed by atoms with Crippen LogP contribution in [0.5, 0.6) is 0 Å². The van der Waals surface area contributed by atoms with E-state index in [0.29, 0.717) is 12.2 Å². The predicted molar refractivity (Wildman–Crippen MR) is 81.8 cm³/mol. The Bertz CT molecular complexity index is 814. The molecule has 0 aliphatic carbocycles. The summed E-state index contributed by atoms with van der Waals surface area (Å²) in [5.41, 5.74) is 8.74. The van der Waals surface area contributed by atoms with Gasteiger partial charge in [-0.2, -0.15) is 0 Å². The molecule has 0 amide bonds. The molecule has 0 spiro atoms. The first-order chi connectivity index (χ1) is 9.63. The highest BCUT2D eigenvalue weighted by atomic mass is 16.1. The Morgan fingerprint density at radius 3 is 2.70 bits per heavy atom. The van der Waals surface area contributed by atoms with Gasteiger partial charge in [-0.25, -0.2) is 0 Å². The average molecular weight is 267 g/mol. The smallest absolute Gasteiger partial charge is 0.250 e. The van der Waals surface area contributed by atoms with E-state index in [4.69, 9.17) is 5.73 Å². The quantitative estimate of drug-likeness (QED) is 0.792. The van der Waals surface area contributed by atoms with Crippen LogP contribution in [0.3, 0.4) is 0 Å². The van der Waals surface area contributed by atoms with Crippen molar-refractivity contribution in [3.63, 3.8) is 0 Å². The highest BCUT2D eigenvalue weighted by molar-refractivity contribution is 5.80. The Morgan fingerprint density at radius 1 is 1.05 bits per heavy atom. The highest BCUT2D eigenvalue weighted by Gasteiger charge is 2.02. The molecule has 2 heterocycles. The van der Waals surface area contributed by atoms with E-state index in [1.54, 1.807) is 16.8 Å². The number of nitrogens with zero attached hydrogens (tertiary/aromatic N) is 2. The van der Waals surface area contributed by atoms with E-state index in [0.717, 1.165) is 6.54 Å². The van der Waals surface area contributed by atoms with Gasteiger partial charge in [0.05, 0.1) is 0 Å². The van der Waals surface area contributed by atoms with Crippen molar-refractivity contribution in [3.8, 4) is 0 Å². The summed E-state index contributed by atoms with van der Waals surface area (Å²) in [7, 11) is 0. The van der Waals surface area contributed by atoms with Crippen molar-refractivity contribution >= 4 is 16.6 Å². The molecule has 0 atom stereocenters. The molecule has 0 fully saturated rings. The lowest BCUT2D eigenvalue weighted by Crippen LogP contribution is -2.21. The minimum atomic E-state index is -0.0218. The normalized spacial score (nSPS) is 11.1. The molecular weight excluding hydrogens is 250 g/mol. The zero-order valence-electron chi connectivity index (χ0n) is 11.4. The minimum Gasteiger partial charge on any atom is -0.398 e. The number of rotatable bonds is 3. The Hall–Kier alpha value is -2.49. The van der Waals surface area contributed by atoms with Crippen LogP contribution in [0.25, 0.3) is 10.9 Å². The number of hydrogen-bond donors (Lipinski definition) is 1. The molecule has 0 aliphatic heterocycles. The third kappa shape index (κ3) is 2.32. The summed E-state index contributed by atoms with van der Waals surface area (Å²) in [5, 5.41) is 1.23. The molecule has 20 heavy (non-hydrogen) atoms. The highest BCUT2D eigenvalue weighted by Crippen LogP contribution is 2.17. The Labute approximate surface area is 117 Å². The van der Waals surface area contributed by atoms with Gasteiger partial charge in [0.1, 0.15) is 0 Å². The van der Waals surface area contributed by atoms with Crippen molar-refractivity contribution < 1.29 is 0 Å². The maximum atomic E-state index is 11.7. The largest absolute Gasteiger partial charge is 0.398 e. The molecule has 3 rings (SSSR count). The molecule has 2 aromatic heterocycles. The first-order valence-electron chi connectivity index (χ1n) is 6.65. The summed E-state index contributed by atoms with van der Waals surface area (Å²) in [6.45, 7) is 3.44. The van der Waals surface area contributed by atoms with Crippen LogP contribution in [0.1, 0.15) is 5.56 Å². The van der Waals surface area contributed by atoms with E-state index < -0.39 is 0 Å². The maximum Gasteiger partial charge on any atom is 0.250 e. The Kier molecular flexibility index (Phi) is 3.06. The molecule has 1 aromatic carbocycles. The van der Waals surface area contributed by atoms with Gasteiger partial charge in [0, 0.05) is 42.8 Å². The van der Waals surface area contributed by atoms with Crippen LogP contribution in [0.2, 0.25) is 0 Å². The molecule has 3 aromatic rings. The molecule has 0 saturated carbocycles. The van der Waals surface area contributed by atoms with E-state index in [1.165, 1.54) is 22.5 Å². The van der Waals surface area contributed by atoms with Gasteiger partial charge in [0.15, 0.2) is 0 Å². The number of aryl methyl sites for hydroxylation is 3. The summed E-state index contributed by atoms with van der Waals surface area (Å²) in [6, 6.07) is 11.6. The molecule has 4 heteroatoms. The van der Waals surface area contributed by atoms with E-state index in [2.05, 4.69) is 42.0 Å². The number of aromatic nitrogens is 2. The summed E-state index contributed by atoms with van der Waals surface area (Å²) < 4.78 is 3.81. The van der Waals surface area contributed by atoms with Gasteiger partial charge in [0.25, 0.3) is 5.56 Å². The van der Waals surface area contributed by atoms with Crippen molar-refractivity contribution in [3.05, 3.63) is 64.7 Å². The van der Waals surface area contributed by atoms with Crippen LogP contribution in [0.4, 0.5) is 5.69 Å². The second kappa shape index (κ2) is 4.89. The molecular formula is C16H17N3O. The van der Waals surface area contributed by atoms with Gasteiger partial charge in [0.2, 0.25) is 0 Å². The lowest BCUT2D eigenvalue weighted by molar-refractivity contribution is 0.578. The Morgan fingerprint density at radius 2 is 1.85 bits per heavy atom. The van der Waals surface area contributed by atoms with E-state index in [-0.39, 0.29) is 5.56 Å². The first-order valence-corrected chi connectivity index (χ1v) is 6.65. The maximum absolute atomic E-state index is 11.7. The predicted octanol–water partition coefficient (Wildman–Crippen LogP) is 2.39. The van der Waals surface area contributed by atoms with Crippen molar-refractivity contribution in [2.75, 3.05) is 5.73 Å². The molecule has 0 unspecified atom stereocenters. The van der Waals surface area contributed by atoms with E-state index in [1.807, 2.05) is 0 Å². The fourth-order valence-corrected chi connectivity index (χ4v) is 2.45. The van der Waals surface area contributed by atoms with Crippen LogP contribution < -0.4 is 11.3 Å². The Balaban J connectivity index is 1.87. The number of pyridine rings is 1. The molecule has 0 bridgehead atoms. The second-order valence-corrected chi connectivity index (χ2v) is 5.07. The van der Waals surface area contributed by atoms with Gasteiger partial charge < -0.3 is 14.9 Å². The van der Waals surface area contributed by atoms with E-state index in [9.17, 15) is 4.79 Å². The van der Waals surface area contributed by atoms with Crippen LogP contribution in [0, 0.1) is 6.92 Å². The molecule has 0 radical (unpaired) electrons. The van der Waals surface area contributed by atoms with Crippen molar-refractivity contribution in [2.45, 2.75) is 20.0 Å². The van der Waals surface area contributed by atoms with Crippen LogP contribution >= 0.6 is 0 Å². The summed E-state index contributed by atoms with van der Waals surface area (Å²) in [4.78, 5) is 11.7. The van der Waals surface area contributed by atoms with Crippen molar-refractivity contribution in [1.29, 1.82) is 0 Å². The van der Waals surface area contributed by atoms with Gasteiger partial charge in [-0.1, -0.05) is 11.6 Å². The summed E-state index contributed by atoms with van der Waals surface area (Å²) in [5.74, 6) is 0. The van der Waals surface area contributed by atoms with Crippen molar-refractivity contribution in [1.82, 2.24) is 9.13 Å². The van der Waals surface area contributed by atoms with Crippen LogP contribution in [-0.2, 0) is 13.1 Å². The van der Waals surface area contributed by atoms with E-state index >= 15 is 0 Å². The zero-order chi connectivity index (χ0) is 14.1. The standard InChI is InChI=1S/C16H17N3O/c1-12-2-4-15-13(10-12)6-7-18(15)8-9-19-11-14(17)3-5-16(19)20/h2-7,10-11H,8-9,17H2,1H3. The first kappa shape index (κ1) is 12.5. The molecule has 0 aliphatic rings. The lowest BCUT2D eigenvalue weighted by Gasteiger charge is -2.09. The third-order valence-electron chi connectivity index (χ3n) is 3.51. The monoisotopic (exact) mass is 267 g/mol. The second-order valence-electron chi connectivity index (χ2n) is 5.07. The van der Waals surface area contributed by atoms with Crippen LogP contribution in [-0.4, -0.2) is 9.13 Å². The number of nitrogen functional groups attached to an aromatic ring is 1. The van der Waals surface area contributed by atoms with Gasteiger partial charge >= 0.3 is 0 Å². The van der Waals surface area contributed by atoms with Gasteiger partial charge in [-0.05, 0) is 36.6 Å². The summed E-state index contributed by atoms with van der Waals surface area (Å²) in [6.07, 6.45) is 3.75. The minimum absolute atomic E-state index is 0.0218. The zero-order valence-corrected chi connectivity index (χ0v) is 11.4. The topological polar surface area (TPSA) is 52.9 Å². The average Bonchev–Trinajstić information content (AvgIpc) is 2.82. The van der Waals surface area contributed by atoms with Gasteiger partial charge in [-0.15, -0.1) is 0 Å². The number of nitrogens with two attached hydrogens (primary N) is 1. The number of benzene rings is 1. The molecule has 2 N–H and O–H groups in total. The third-order valence-corrected chi connectivity index (χ3v) is 3.51. The molecule has 0 saturated heterocycles. The molecule has 102 valence electrons. The van der Waals surface area contributed by atoms with Crippen molar-refractivity contribution in [2.24, 2.45) is 0 Å². The van der Waals surface area contributed by atoms with Crippen LogP contribution in [0.15, 0.2) is 53.6 Å². The fourth-order valence-electron chi connectivity index (χ4n) is 2.45. The fraction of sp³-hybridized carbons (Fsp3) is 0.188. The number of fused-ring (bicyclic) bond motifs is 1. The molecule has 4 nitrogen and oxygen atoms in total.